The Labute approximate surface area is 195 Å². The molecular formula is C20H29N5O7S. The predicted octanol–water partition coefficient (Wildman–Crippen LogP) is -1.98. The van der Waals surface area contributed by atoms with Crippen molar-refractivity contribution >= 4 is 42.2 Å². The van der Waals surface area contributed by atoms with Crippen LogP contribution in [0.1, 0.15) is 25.3 Å². The third-order valence-corrected chi connectivity index (χ3v) is 4.96. The van der Waals surface area contributed by atoms with Gasteiger partial charge in [-0.05, 0) is 31.0 Å². The van der Waals surface area contributed by atoms with Crippen molar-refractivity contribution in [2.45, 2.75) is 50.4 Å². The van der Waals surface area contributed by atoms with Crippen LogP contribution in [0.3, 0.4) is 0 Å². The molecule has 0 aliphatic rings. The molecule has 4 amide bonds. The van der Waals surface area contributed by atoms with Crippen molar-refractivity contribution in [3.05, 3.63) is 29.8 Å². The highest BCUT2D eigenvalue weighted by molar-refractivity contribution is 7.80. The smallest absolute Gasteiger partial charge is 0.326 e. The maximum atomic E-state index is 12.5. The number of carbonyl (C=O) groups is 5. The van der Waals surface area contributed by atoms with Gasteiger partial charge in [-0.1, -0.05) is 12.1 Å². The molecule has 0 aliphatic carbocycles. The van der Waals surface area contributed by atoms with E-state index in [1.165, 1.54) is 31.2 Å². The van der Waals surface area contributed by atoms with Crippen LogP contribution in [0, 0.1) is 0 Å². The van der Waals surface area contributed by atoms with E-state index >= 15 is 0 Å². The van der Waals surface area contributed by atoms with Gasteiger partial charge in [0.15, 0.2) is 0 Å². The minimum atomic E-state index is -1.29. The van der Waals surface area contributed by atoms with Gasteiger partial charge in [-0.3, -0.25) is 19.2 Å². The Hall–Kier alpha value is -3.32. The van der Waals surface area contributed by atoms with Gasteiger partial charge in [-0.25, -0.2) is 4.79 Å². The molecule has 0 heterocycles. The van der Waals surface area contributed by atoms with Crippen LogP contribution in [0.2, 0.25) is 0 Å². The third kappa shape index (κ3) is 9.78. The van der Waals surface area contributed by atoms with Gasteiger partial charge in [-0.15, -0.1) is 0 Å². The van der Waals surface area contributed by atoms with Gasteiger partial charge in [0, 0.05) is 18.6 Å². The lowest BCUT2D eigenvalue weighted by Crippen LogP contribution is -2.57. The summed E-state index contributed by atoms with van der Waals surface area (Å²) < 4.78 is 0. The first-order chi connectivity index (χ1) is 15.4. The number of phenolic OH excluding ortho intramolecular Hbond substituents is 1. The van der Waals surface area contributed by atoms with Crippen molar-refractivity contribution in [1.29, 1.82) is 0 Å². The molecule has 1 aromatic rings. The van der Waals surface area contributed by atoms with E-state index in [0.717, 1.165) is 0 Å². The van der Waals surface area contributed by atoms with Gasteiger partial charge in [0.25, 0.3) is 0 Å². The highest BCUT2D eigenvalue weighted by Crippen LogP contribution is 2.11. The first-order valence-electron chi connectivity index (χ1n) is 10.0. The molecule has 182 valence electrons. The largest absolute Gasteiger partial charge is 0.508 e. The number of nitrogens with two attached hydrogens (primary N) is 2. The zero-order chi connectivity index (χ0) is 25.1. The van der Waals surface area contributed by atoms with Crippen LogP contribution < -0.4 is 27.4 Å². The van der Waals surface area contributed by atoms with Crippen molar-refractivity contribution in [3.63, 3.8) is 0 Å². The van der Waals surface area contributed by atoms with Gasteiger partial charge in [-0.2, -0.15) is 12.6 Å². The van der Waals surface area contributed by atoms with Crippen molar-refractivity contribution in [1.82, 2.24) is 16.0 Å². The van der Waals surface area contributed by atoms with E-state index in [2.05, 4.69) is 28.6 Å². The van der Waals surface area contributed by atoms with Crippen LogP contribution in [0.5, 0.6) is 5.75 Å². The minimum Gasteiger partial charge on any atom is -0.508 e. The second-order valence-electron chi connectivity index (χ2n) is 7.36. The number of aliphatic carboxylic acids is 1. The van der Waals surface area contributed by atoms with Crippen LogP contribution in [0.25, 0.3) is 0 Å². The van der Waals surface area contributed by atoms with Crippen molar-refractivity contribution in [2.24, 2.45) is 11.5 Å². The van der Waals surface area contributed by atoms with E-state index in [0.29, 0.717) is 5.56 Å². The SMILES string of the molecule is CC(NC(=O)C(N)CCC(N)=O)C(=O)NC(CS)C(=O)NC(Cc1ccc(O)cc1)C(=O)O. The van der Waals surface area contributed by atoms with Gasteiger partial charge in [0.05, 0.1) is 6.04 Å². The van der Waals surface area contributed by atoms with Crippen LogP contribution in [-0.2, 0) is 30.4 Å². The first-order valence-corrected chi connectivity index (χ1v) is 10.6. The minimum absolute atomic E-state index is 0.00872. The Balaban J connectivity index is 2.68. The number of carboxylic acid groups (broad SMARTS) is 1. The number of carbonyl (C=O) groups excluding carboxylic acids is 4. The molecule has 1 aromatic carbocycles. The number of benzene rings is 1. The molecule has 0 bridgehead atoms. The molecule has 13 heteroatoms. The second-order valence-corrected chi connectivity index (χ2v) is 7.72. The molecule has 0 spiro atoms. The van der Waals surface area contributed by atoms with E-state index < -0.39 is 53.8 Å². The standard InChI is InChI=1S/C20H29N5O7S/c1-10(23-18(29)13(21)6-7-16(22)27)17(28)25-15(9-33)19(30)24-14(20(31)32)8-11-2-4-12(26)5-3-11/h2-5,10,13-15,26,33H,6-9,21H2,1H3,(H2,22,27)(H,23,29)(H,24,30)(H,25,28)(H,31,32). The average molecular weight is 484 g/mol. The topological polar surface area (TPSA) is 214 Å². The van der Waals surface area contributed by atoms with Crippen molar-refractivity contribution < 1.29 is 34.2 Å². The van der Waals surface area contributed by atoms with Crippen molar-refractivity contribution in [3.8, 4) is 5.75 Å². The van der Waals surface area contributed by atoms with Crippen LogP contribution in [-0.4, -0.2) is 69.7 Å². The van der Waals surface area contributed by atoms with Gasteiger partial charge >= 0.3 is 5.97 Å². The number of carboxylic acids is 1. The molecule has 0 radical (unpaired) electrons. The number of aromatic hydroxyl groups is 1. The summed E-state index contributed by atoms with van der Waals surface area (Å²) in [6.07, 6.45) is -0.134. The summed E-state index contributed by atoms with van der Waals surface area (Å²) in [5, 5.41) is 25.9. The molecule has 0 saturated carbocycles. The summed E-state index contributed by atoms with van der Waals surface area (Å²) in [5.41, 5.74) is 11.2. The third-order valence-electron chi connectivity index (χ3n) is 4.60. The number of nitrogens with one attached hydrogen (secondary N) is 3. The second kappa shape index (κ2) is 13.3. The Morgan fingerprint density at radius 3 is 2.06 bits per heavy atom. The van der Waals surface area contributed by atoms with Gasteiger partial charge < -0.3 is 37.6 Å². The summed E-state index contributed by atoms with van der Waals surface area (Å²) in [4.78, 5) is 59.3. The summed E-state index contributed by atoms with van der Waals surface area (Å²) in [6.45, 7) is 1.37. The molecule has 9 N–H and O–H groups in total. The zero-order valence-corrected chi connectivity index (χ0v) is 18.9. The first kappa shape index (κ1) is 27.7. The molecule has 0 aromatic heterocycles. The van der Waals surface area contributed by atoms with Gasteiger partial charge in [0.1, 0.15) is 23.9 Å². The molecule has 0 fully saturated rings. The molecule has 0 saturated heterocycles. The monoisotopic (exact) mass is 483 g/mol. The number of phenols is 1. The van der Waals surface area contributed by atoms with E-state index in [1.54, 1.807) is 0 Å². The Bertz CT molecular complexity index is 865. The molecular weight excluding hydrogens is 454 g/mol. The molecule has 0 aliphatic heterocycles. The fourth-order valence-electron chi connectivity index (χ4n) is 2.65. The van der Waals surface area contributed by atoms with Gasteiger partial charge in [0.2, 0.25) is 23.6 Å². The summed E-state index contributed by atoms with van der Waals surface area (Å²) in [5.74, 6) is -4.19. The number of hydrogen-bond donors (Lipinski definition) is 8. The van der Waals surface area contributed by atoms with E-state index in [1.807, 2.05) is 0 Å². The number of hydrogen-bond acceptors (Lipinski definition) is 8. The summed E-state index contributed by atoms with van der Waals surface area (Å²) >= 11 is 4.03. The van der Waals surface area contributed by atoms with E-state index in [4.69, 9.17) is 11.5 Å². The quantitative estimate of drug-likeness (QED) is 0.147. The maximum Gasteiger partial charge on any atom is 0.326 e. The number of rotatable bonds is 13. The van der Waals surface area contributed by atoms with Crippen LogP contribution >= 0.6 is 12.6 Å². The maximum absolute atomic E-state index is 12.5. The molecule has 4 unspecified atom stereocenters. The summed E-state index contributed by atoms with van der Waals surface area (Å²) in [6, 6.07) is 1.24. The Morgan fingerprint density at radius 1 is 0.970 bits per heavy atom. The number of thiol groups is 1. The average Bonchev–Trinajstić information content (AvgIpc) is 2.75. The van der Waals surface area contributed by atoms with Crippen LogP contribution in [0.15, 0.2) is 24.3 Å². The highest BCUT2D eigenvalue weighted by atomic mass is 32.1. The normalized spacial score (nSPS) is 14.3. The predicted molar refractivity (Wildman–Crippen MR) is 121 cm³/mol. The molecule has 12 nitrogen and oxygen atoms in total. The number of amides is 4. The Morgan fingerprint density at radius 2 is 1.55 bits per heavy atom. The van der Waals surface area contributed by atoms with Crippen LogP contribution in [0.4, 0.5) is 0 Å². The molecule has 33 heavy (non-hydrogen) atoms. The lowest BCUT2D eigenvalue weighted by molar-refractivity contribution is -0.142. The molecule has 4 atom stereocenters. The molecule has 1 rings (SSSR count). The van der Waals surface area contributed by atoms with E-state index in [-0.39, 0.29) is 30.8 Å². The highest BCUT2D eigenvalue weighted by Gasteiger charge is 2.28. The zero-order valence-electron chi connectivity index (χ0n) is 18.0. The lowest BCUT2D eigenvalue weighted by Gasteiger charge is -2.23. The fourth-order valence-corrected chi connectivity index (χ4v) is 2.90. The number of primary amides is 1. The lowest BCUT2D eigenvalue weighted by atomic mass is 10.1. The Kier molecular flexibility index (Phi) is 11.2. The van der Waals surface area contributed by atoms with E-state index in [9.17, 15) is 34.2 Å². The summed E-state index contributed by atoms with van der Waals surface area (Å²) in [7, 11) is 0. The fraction of sp³-hybridized carbons (Fsp3) is 0.450. The van der Waals surface area contributed by atoms with Crippen molar-refractivity contribution in [2.75, 3.05) is 5.75 Å².